The van der Waals surface area contributed by atoms with Gasteiger partial charge in [-0.3, -0.25) is 9.00 Å². The molecule has 0 saturated carbocycles. The minimum absolute atomic E-state index is 0.332. The summed E-state index contributed by atoms with van der Waals surface area (Å²) in [6.45, 7) is 3.57. The second-order valence-corrected chi connectivity index (χ2v) is 6.72. The average molecular weight is 312 g/mol. The number of hydrogen-bond acceptors (Lipinski definition) is 3. The molecule has 0 saturated heterocycles. The molecule has 0 aliphatic heterocycles. The Labute approximate surface area is 126 Å². The molecule has 21 heavy (non-hydrogen) atoms. The lowest BCUT2D eigenvalue weighted by molar-refractivity contribution is -0.142. The normalized spacial score (nSPS) is 12.5. The Morgan fingerprint density at radius 3 is 2.29 bits per heavy atom. The van der Waals surface area contributed by atoms with Crippen LogP contribution in [-0.4, -0.2) is 39.9 Å². The lowest BCUT2D eigenvalue weighted by Crippen LogP contribution is -2.32. The van der Waals surface area contributed by atoms with E-state index in [2.05, 4.69) is 10.6 Å². The number of urea groups is 1. The summed E-state index contributed by atoms with van der Waals surface area (Å²) < 4.78 is 10.9. The zero-order valence-electron chi connectivity index (χ0n) is 12.3. The first kappa shape index (κ1) is 17.2. The van der Waals surface area contributed by atoms with Crippen molar-refractivity contribution in [2.75, 3.05) is 23.9 Å². The molecule has 0 aromatic heterocycles. The van der Waals surface area contributed by atoms with Gasteiger partial charge in [-0.2, -0.15) is 0 Å². The number of amides is 2. The third kappa shape index (κ3) is 5.18. The summed E-state index contributed by atoms with van der Waals surface area (Å²) in [5.74, 6) is -0.507. The van der Waals surface area contributed by atoms with E-state index in [0.29, 0.717) is 23.5 Å². The molecule has 1 unspecified atom stereocenters. The van der Waals surface area contributed by atoms with Crippen molar-refractivity contribution in [2.24, 2.45) is 0 Å². The number of benzene rings is 1. The molecule has 1 aromatic rings. The Kier molecular flexibility index (Phi) is 5.90. The van der Waals surface area contributed by atoms with E-state index in [0.717, 1.165) is 0 Å². The third-order valence-corrected chi connectivity index (χ3v) is 3.85. The van der Waals surface area contributed by atoms with Crippen LogP contribution in [0.1, 0.15) is 19.4 Å². The predicted molar refractivity (Wildman–Crippen MR) is 83.1 cm³/mol. The van der Waals surface area contributed by atoms with Crippen LogP contribution in [0.4, 0.5) is 10.5 Å². The molecule has 0 aliphatic rings. The second-order valence-electron chi connectivity index (χ2n) is 5.17. The summed E-state index contributed by atoms with van der Waals surface area (Å²) in [5.41, 5.74) is 0.240. The molecule has 1 rings (SSSR count). The maximum absolute atomic E-state index is 11.6. The molecule has 0 radical (unpaired) electrons. The van der Waals surface area contributed by atoms with Crippen molar-refractivity contribution in [3.63, 3.8) is 0 Å². The highest BCUT2D eigenvalue weighted by Gasteiger charge is 2.29. The molecule has 6 nitrogen and oxygen atoms in total. The number of carbonyl (C=O) groups is 2. The summed E-state index contributed by atoms with van der Waals surface area (Å²) in [4.78, 5) is 22.7. The lowest BCUT2D eigenvalue weighted by atomic mass is 9.85. The molecule has 116 valence electrons. The van der Waals surface area contributed by atoms with Gasteiger partial charge in [-0.05, 0) is 31.5 Å². The van der Waals surface area contributed by atoms with Gasteiger partial charge in [0.25, 0.3) is 0 Å². The highest BCUT2D eigenvalue weighted by Crippen LogP contribution is 2.24. The molecular formula is C14H20N2O4S. The van der Waals surface area contributed by atoms with Crippen LogP contribution in [0.25, 0.3) is 0 Å². The highest BCUT2D eigenvalue weighted by molar-refractivity contribution is 7.84. The van der Waals surface area contributed by atoms with Gasteiger partial charge in [0, 0.05) is 35.0 Å². The molecule has 0 aliphatic carbocycles. The maximum Gasteiger partial charge on any atom is 0.319 e. The van der Waals surface area contributed by atoms with Gasteiger partial charge >= 0.3 is 12.0 Å². The molecule has 0 heterocycles. The molecule has 3 N–H and O–H groups in total. The third-order valence-electron chi connectivity index (χ3n) is 3.07. The Bertz CT molecular complexity index is 540. The van der Waals surface area contributed by atoms with Crippen LogP contribution in [0.3, 0.4) is 0 Å². The molecule has 0 fully saturated rings. The molecule has 1 aromatic carbocycles. The van der Waals surface area contributed by atoms with E-state index in [1.807, 2.05) is 0 Å². The highest BCUT2D eigenvalue weighted by atomic mass is 32.2. The van der Waals surface area contributed by atoms with Crippen molar-refractivity contribution in [3.8, 4) is 0 Å². The molecule has 0 spiro atoms. The van der Waals surface area contributed by atoms with Gasteiger partial charge in [0.15, 0.2) is 0 Å². The minimum atomic E-state index is -0.980. The van der Waals surface area contributed by atoms with Gasteiger partial charge in [0.2, 0.25) is 0 Å². The van der Waals surface area contributed by atoms with E-state index in [4.69, 9.17) is 5.11 Å². The van der Waals surface area contributed by atoms with E-state index in [-0.39, 0.29) is 6.03 Å². The monoisotopic (exact) mass is 312 g/mol. The summed E-state index contributed by atoms with van der Waals surface area (Å²) >= 11 is 0. The van der Waals surface area contributed by atoms with Crippen LogP contribution in [0, 0.1) is 0 Å². The number of carboxylic acid groups (broad SMARTS) is 1. The number of carboxylic acids is 1. The van der Waals surface area contributed by atoms with Gasteiger partial charge < -0.3 is 15.7 Å². The summed E-state index contributed by atoms with van der Waals surface area (Å²) in [7, 11) is -0.944. The van der Waals surface area contributed by atoms with E-state index in [1.54, 1.807) is 44.4 Å². The van der Waals surface area contributed by atoms with Crippen LogP contribution < -0.4 is 10.6 Å². The Morgan fingerprint density at radius 2 is 1.81 bits per heavy atom. The van der Waals surface area contributed by atoms with Gasteiger partial charge in [-0.1, -0.05) is 12.1 Å². The fraction of sp³-hybridized carbons (Fsp3) is 0.429. The van der Waals surface area contributed by atoms with Gasteiger partial charge in [0.05, 0.1) is 5.41 Å². The van der Waals surface area contributed by atoms with E-state index < -0.39 is 22.2 Å². The van der Waals surface area contributed by atoms with Crippen LogP contribution in [0.2, 0.25) is 0 Å². The van der Waals surface area contributed by atoms with Crippen molar-refractivity contribution in [3.05, 3.63) is 29.8 Å². The van der Waals surface area contributed by atoms with Gasteiger partial charge in [-0.25, -0.2) is 4.79 Å². The van der Waals surface area contributed by atoms with Gasteiger partial charge in [-0.15, -0.1) is 0 Å². The van der Waals surface area contributed by atoms with Crippen LogP contribution in [0.15, 0.2) is 24.3 Å². The topological polar surface area (TPSA) is 95.5 Å². The van der Waals surface area contributed by atoms with Gasteiger partial charge in [0.1, 0.15) is 0 Å². The first-order chi connectivity index (χ1) is 9.73. The van der Waals surface area contributed by atoms with Crippen molar-refractivity contribution in [1.82, 2.24) is 5.32 Å². The summed E-state index contributed by atoms with van der Waals surface area (Å²) in [5, 5.41) is 14.4. The van der Waals surface area contributed by atoms with E-state index >= 15 is 0 Å². The summed E-state index contributed by atoms with van der Waals surface area (Å²) in [6.07, 6.45) is 1.57. The van der Waals surface area contributed by atoms with Crippen LogP contribution >= 0.6 is 0 Å². The van der Waals surface area contributed by atoms with Crippen LogP contribution in [0.5, 0.6) is 0 Å². The number of carbonyl (C=O) groups excluding carboxylic acids is 1. The van der Waals surface area contributed by atoms with E-state index in [1.165, 1.54) is 0 Å². The van der Waals surface area contributed by atoms with Crippen molar-refractivity contribution < 1.29 is 18.9 Å². The molecular weight excluding hydrogens is 292 g/mol. The smallest absolute Gasteiger partial charge is 0.319 e. The molecule has 0 bridgehead atoms. The number of nitrogens with one attached hydrogen (secondary N) is 2. The molecule has 1 atom stereocenters. The molecule has 7 heteroatoms. The number of anilines is 1. The zero-order chi connectivity index (χ0) is 16.0. The lowest BCUT2D eigenvalue weighted by Gasteiger charge is -2.19. The minimum Gasteiger partial charge on any atom is -0.481 e. The molecule has 2 amide bonds. The fourth-order valence-electron chi connectivity index (χ4n) is 1.58. The quantitative estimate of drug-likeness (QED) is 0.742. The largest absolute Gasteiger partial charge is 0.481 e. The maximum atomic E-state index is 11.6. The van der Waals surface area contributed by atoms with Crippen LogP contribution in [-0.2, 0) is 21.0 Å². The Hall–Kier alpha value is -1.89. The van der Waals surface area contributed by atoms with E-state index in [9.17, 15) is 13.8 Å². The van der Waals surface area contributed by atoms with Crippen molar-refractivity contribution >= 4 is 28.5 Å². The number of aliphatic carboxylic acids is 1. The first-order valence-corrected chi connectivity index (χ1v) is 8.15. The first-order valence-electron chi connectivity index (χ1n) is 6.42. The Morgan fingerprint density at radius 1 is 1.24 bits per heavy atom. The average Bonchev–Trinajstić information content (AvgIpc) is 2.38. The Balaban J connectivity index is 2.61. The standard InChI is InChI=1S/C14H20N2O4S/c1-14(2,12(17)18)10-4-6-11(7-5-10)16-13(19)15-8-9-21(3)20/h4-7H,8-9H2,1-3H3,(H,17,18)(H2,15,16,19). The van der Waals surface area contributed by atoms with Crippen molar-refractivity contribution in [1.29, 1.82) is 0 Å². The fourth-order valence-corrected chi connectivity index (χ4v) is 1.97. The second kappa shape index (κ2) is 7.21. The zero-order valence-corrected chi connectivity index (χ0v) is 13.1. The summed E-state index contributed by atoms with van der Waals surface area (Å²) in [6, 6.07) is 6.26. The number of hydrogen-bond donors (Lipinski definition) is 3. The SMILES string of the molecule is CS(=O)CCNC(=O)Nc1ccc(C(C)(C)C(=O)O)cc1. The number of rotatable bonds is 6. The van der Waals surface area contributed by atoms with Crippen molar-refractivity contribution in [2.45, 2.75) is 19.3 Å². The predicted octanol–water partition coefficient (Wildman–Crippen LogP) is 1.55.